The first-order valence-electron chi connectivity index (χ1n) is 11.5. The third-order valence-electron chi connectivity index (χ3n) is 6.05. The number of ether oxygens (including phenoxy) is 1. The van der Waals surface area contributed by atoms with Gasteiger partial charge in [0.25, 0.3) is 5.91 Å². The fourth-order valence-corrected chi connectivity index (χ4v) is 4.25. The van der Waals surface area contributed by atoms with E-state index in [0.717, 1.165) is 22.3 Å². The predicted molar refractivity (Wildman–Crippen MR) is 129 cm³/mol. The van der Waals surface area contributed by atoms with Gasteiger partial charge in [-0.1, -0.05) is 48.5 Å². The van der Waals surface area contributed by atoms with E-state index in [4.69, 9.17) is 14.3 Å². The van der Waals surface area contributed by atoms with Crippen LogP contribution in [0.15, 0.2) is 65.1 Å². The minimum Gasteiger partial charge on any atom is -0.481 e. The number of hydrogen-bond donors (Lipinski definition) is 3. The number of benzene rings is 2. The number of rotatable bonds is 9. The molecule has 3 N–H and O–H groups in total. The monoisotopic (exact) mass is 476 g/mol. The lowest BCUT2D eigenvalue weighted by molar-refractivity contribution is -0.137. The summed E-state index contributed by atoms with van der Waals surface area (Å²) in [6.07, 6.45) is -0.352. The van der Waals surface area contributed by atoms with Crippen LogP contribution >= 0.6 is 0 Å². The molecule has 0 saturated heterocycles. The molecule has 1 aliphatic carbocycles. The molecule has 8 nitrogen and oxygen atoms in total. The lowest BCUT2D eigenvalue weighted by Gasteiger charge is -2.24. The molecule has 0 spiro atoms. The van der Waals surface area contributed by atoms with Gasteiger partial charge < -0.3 is 24.9 Å². The van der Waals surface area contributed by atoms with Crippen molar-refractivity contribution in [2.75, 3.05) is 6.61 Å². The van der Waals surface area contributed by atoms with Gasteiger partial charge in [0.2, 0.25) is 0 Å². The number of carbonyl (C=O) groups is 3. The Morgan fingerprint density at radius 3 is 2.23 bits per heavy atom. The maximum absolute atomic E-state index is 12.4. The lowest BCUT2D eigenvalue weighted by Crippen LogP contribution is -2.43. The zero-order valence-corrected chi connectivity index (χ0v) is 19.7. The quantitative estimate of drug-likeness (QED) is 0.412. The van der Waals surface area contributed by atoms with Gasteiger partial charge in [-0.25, -0.2) is 4.79 Å². The van der Waals surface area contributed by atoms with Crippen LogP contribution in [0.2, 0.25) is 0 Å². The molecule has 8 heteroatoms. The molecule has 0 bridgehead atoms. The fourth-order valence-electron chi connectivity index (χ4n) is 4.25. The van der Waals surface area contributed by atoms with Crippen molar-refractivity contribution in [2.24, 2.45) is 0 Å². The minimum absolute atomic E-state index is 0.0310. The zero-order chi connectivity index (χ0) is 25.0. The van der Waals surface area contributed by atoms with Crippen molar-refractivity contribution >= 4 is 18.0 Å². The Labute approximate surface area is 203 Å². The Kier molecular flexibility index (Phi) is 6.91. The highest BCUT2D eigenvalue weighted by molar-refractivity contribution is 5.92. The summed E-state index contributed by atoms with van der Waals surface area (Å²) in [5.41, 5.74) is 3.88. The Morgan fingerprint density at radius 2 is 1.60 bits per heavy atom. The predicted octanol–water partition coefficient (Wildman–Crippen LogP) is 4.69. The molecule has 0 aliphatic heterocycles. The SMILES string of the molecule is CC(C)(CCC(=O)O)NC(=O)c1ccc(CNC(=O)OCC2c3ccccc3-c3ccccc32)o1. The summed E-state index contributed by atoms with van der Waals surface area (Å²) >= 11 is 0. The molecular weight excluding hydrogens is 448 g/mol. The summed E-state index contributed by atoms with van der Waals surface area (Å²) in [6.45, 7) is 3.76. The molecule has 182 valence electrons. The summed E-state index contributed by atoms with van der Waals surface area (Å²) in [5, 5.41) is 14.3. The van der Waals surface area contributed by atoms with E-state index in [1.54, 1.807) is 19.9 Å². The van der Waals surface area contributed by atoms with E-state index in [1.807, 2.05) is 24.3 Å². The van der Waals surface area contributed by atoms with Crippen LogP contribution in [-0.2, 0) is 16.1 Å². The number of fused-ring (bicyclic) bond motifs is 3. The average molecular weight is 477 g/mol. The van der Waals surface area contributed by atoms with Gasteiger partial charge in [0.05, 0.1) is 6.54 Å². The largest absolute Gasteiger partial charge is 0.481 e. The molecule has 1 aromatic heterocycles. The Hall–Kier alpha value is -4.07. The van der Waals surface area contributed by atoms with Crippen molar-refractivity contribution < 1.29 is 28.6 Å². The van der Waals surface area contributed by atoms with E-state index in [-0.39, 0.29) is 37.7 Å². The van der Waals surface area contributed by atoms with Gasteiger partial charge in [-0.3, -0.25) is 9.59 Å². The number of carbonyl (C=O) groups excluding carboxylic acids is 2. The molecule has 2 amide bonds. The molecule has 0 atom stereocenters. The average Bonchev–Trinajstić information content (AvgIpc) is 3.43. The molecule has 3 aromatic rings. The molecule has 0 saturated carbocycles. The molecule has 0 radical (unpaired) electrons. The highest BCUT2D eigenvalue weighted by atomic mass is 16.5. The maximum Gasteiger partial charge on any atom is 0.407 e. The Morgan fingerprint density at radius 1 is 0.971 bits per heavy atom. The standard InChI is InChI=1S/C27H28N2O6/c1-27(2,14-13-24(30)31)29-25(32)23-12-11-17(35-23)15-28-26(33)34-16-22-20-9-5-3-7-18(20)19-8-4-6-10-21(19)22/h3-12,22H,13-16H2,1-2H3,(H,28,33)(H,29,32)(H,30,31). The molecule has 0 fully saturated rings. The van der Waals surface area contributed by atoms with Gasteiger partial charge in [0.1, 0.15) is 12.4 Å². The van der Waals surface area contributed by atoms with Gasteiger partial charge in [-0.05, 0) is 54.7 Å². The molecule has 0 unspecified atom stereocenters. The number of aliphatic carboxylic acids is 1. The van der Waals surface area contributed by atoms with Crippen molar-refractivity contribution in [1.29, 1.82) is 0 Å². The number of furan rings is 1. The van der Waals surface area contributed by atoms with Crippen LogP contribution in [0.1, 0.15) is 60.0 Å². The summed E-state index contributed by atoms with van der Waals surface area (Å²) in [7, 11) is 0. The number of nitrogens with one attached hydrogen (secondary N) is 2. The first-order valence-corrected chi connectivity index (χ1v) is 11.5. The van der Waals surface area contributed by atoms with Gasteiger partial charge >= 0.3 is 12.1 Å². The first kappa shape index (κ1) is 24.1. The second-order valence-corrected chi connectivity index (χ2v) is 9.18. The van der Waals surface area contributed by atoms with E-state index in [9.17, 15) is 14.4 Å². The van der Waals surface area contributed by atoms with Crippen LogP contribution in [0, 0.1) is 0 Å². The van der Waals surface area contributed by atoms with E-state index in [2.05, 4.69) is 34.9 Å². The third kappa shape index (κ3) is 5.71. The Bertz CT molecular complexity index is 1200. The van der Waals surface area contributed by atoms with Crippen molar-refractivity contribution in [2.45, 2.75) is 44.7 Å². The van der Waals surface area contributed by atoms with E-state index < -0.39 is 23.5 Å². The van der Waals surface area contributed by atoms with Gasteiger partial charge in [-0.2, -0.15) is 0 Å². The lowest BCUT2D eigenvalue weighted by atomic mass is 9.98. The molecular formula is C27H28N2O6. The maximum atomic E-state index is 12.4. The van der Waals surface area contributed by atoms with Gasteiger partial charge in [-0.15, -0.1) is 0 Å². The smallest absolute Gasteiger partial charge is 0.407 e. The van der Waals surface area contributed by atoms with Crippen molar-refractivity contribution in [1.82, 2.24) is 10.6 Å². The molecule has 35 heavy (non-hydrogen) atoms. The van der Waals surface area contributed by atoms with Crippen LogP contribution in [0.5, 0.6) is 0 Å². The summed E-state index contributed by atoms with van der Waals surface area (Å²) < 4.78 is 11.0. The highest BCUT2D eigenvalue weighted by Gasteiger charge is 2.29. The molecule has 4 rings (SSSR count). The molecule has 1 heterocycles. The number of carboxylic acids is 1. The second kappa shape index (κ2) is 10.0. The van der Waals surface area contributed by atoms with Gasteiger partial charge in [0.15, 0.2) is 5.76 Å². The van der Waals surface area contributed by atoms with Crippen LogP contribution < -0.4 is 10.6 Å². The zero-order valence-electron chi connectivity index (χ0n) is 19.7. The van der Waals surface area contributed by atoms with E-state index in [0.29, 0.717) is 5.76 Å². The minimum atomic E-state index is -0.924. The number of amides is 2. The number of hydrogen-bond acceptors (Lipinski definition) is 5. The van der Waals surface area contributed by atoms with Crippen molar-refractivity contribution in [3.63, 3.8) is 0 Å². The van der Waals surface area contributed by atoms with Gasteiger partial charge in [0, 0.05) is 17.9 Å². The third-order valence-corrected chi connectivity index (χ3v) is 6.05. The first-order chi connectivity index (χ1) is 16.7. The van der Waals surface area contributed by atoms with E-state index >= 15 is 0 Å². The van der Waals surface area contributed by atoms with E-state index in [1.165, 1.54) is 6.07 Å². The van der Waals surface area contributed by atoms with Crippen LogP contribution in [0.4, 0.5) is 4.79 Å². The Balaban J connectivity index is 1.29. The molecule has 2 aromatic carbocycles. The highest BCUT2D eigenvalue weighted by Crippen LogP contribution is 2.44. The van der Waals surface area contributed by atoms with Crippen molar-refractivity contribution in [3.8, 4) is 11.1 Å². The summed E-state index contributed by atoms with van der Waals surface area (Å²) in [6, 6.07) is 19.3. The van der Waals surface area contributed by atoms with Crippen LogP contribution in [0.25, 0.3) is 11.1 Å². The van der Waals surface area contributed by atoms with Crippen LogP contribution in [-0.4, -0.2) is 35.2 Å². The second-order valence-electron chi connectivity index (χ2n) is 9.18. The number of alkyl carbamates (subject to hydrolysis) is 1. The topological polar surface area (TPSA) is 118 Å². The van der Waals surface area contributed by atoms with Crippen molar-refractivity contribution in [3.05, 3.63) is 83.3 Å². The summed E-state index contributed by atoms with van der Waals surface area (Å²) in [4.78, 5) is 35.6. The molecule has 1 aliphatic rings. The fraction of sp³-hybridized carbons (Fsp3) is 0.296. The normalized spacial score (nSPS) is 12.5. The number of carboxylic acid groups (broad SMARTS) is 1. The van der Waals surface area contributed by atoms with Crippen LogP contribution in [0.3, 0.4) is 0 Å². The summed E-state index contributed by atoms with van der Waals surface area (Å²) in [5.74, 6) is -0.930.